The van der Waals surface area contributed by atoms with Crippen LogP contribution in [0.25, 0.3) is 0 Å². The minimum atomic E-state index is 0. The van der Waals surface area contributed by atoms with Crippen molar-refractivity contribution < 1.29 is 4.74 Å². The smallest absolute Gasteiger partial charge is 0.134 e. The predicted octanol–water partition coefficient (Wildman–Crippen LogP) is 7.08. The molecule has 0 aromatic heterocycles. The van der Waals surface area contributed by atoms with Gasteiger partial charge in [-0.2, -0.15) is 0 Å². The summed E-state index contributed by atoms with van der Waals surface area (Å²) < 4.78 is 6.93. The van der Waals surface area contributed by atoms with Gasteiger partial charge in [-0.05, 0) is 51.2 Å². The second-order valence-electron chi connectivity index (χ2n) is 6.67. The third-order valence-corrected chi connectivity index (χ3v) is 5.19. The van der Waals surface area contributed by atoms with E-state index in [0.29, 0.717) is 12.6 Å². The SMILES string of the molecule is CCCC(NCc1ccc(OCc2ccccc2)c(Br)c1)c1ccccc1.Cl. The summed E-state index contributed by atoms with van der Waals surface area (Å²) in [6.45, 7) is 3.63. The number of nitrogens with one attached hydrogen (secondary N) is 1. The van der Waals surface area contributed by atoms with E-state index < -0.39 is 0 Å². The van der Waals surface area contributed by atoms with E-state index in [1.54, 1.807) is 0 Å². The quantitative estimate of drug-likeness (QED) is 0.368. The molecule has 3 aromatic carbocycles. The number of hydrogen-bond donors (Lipinski definition) is 1. The highest BCUT2D eigenvalue weighted by Gasteiger charge is 2.10. The molecular formula is C24H27BrClNO. The van der Waals surface area contributed by atoms with Gasteiger partial charge in [-0.25, -0.2) is 0 Å². The van der Waals surface area contributed by atoms with E-state index in [1.165, 1.54) is 16.7 Å². The maximum Gasteiger partial charge on any atom is 0.134 e. The Labute approximate surface area is 182 Å². The third-order valence-electron chi connectivity index (χ3n) is 4.57. The summed E-state index contributed by atoms with van der Waals surface area (Å²) in [7, 11) is 0. The summed E-state index contributed by atoms with van der Waals surface area (Å²) in [5.41, 5.74) is 3.76. The fraction of sp³-hybridized carbons (Fsp3) is 0.250. The van der Waals surface area contributed by atoms with Crippen LogP contribution < -0.4 is 10.1 Å². The van der Waals surface area contributed by atoms with Crippen molar-refractivity contribution in [3.63, 3.8) is 0 Å². The first-order chi connectivity index (χ1) is 13.3. The van der Waals surface area contributed by atoms with Gasteiger partial charge in [-0.1, -0.05) is 80.1 Å². The molecule has 0 saturated heterocycles. The van der Waals surface area contributed by atoms with Gasteiger partial charge in [0.2, 0.25) is 0 Å². The lowest BCUT2D eigenvalue weighted by Crippen LogP contribution is -2.20. The van der Waals surface area contributed by atoms with Gasteiger partial charge in [-0.3, -0.25) is 0 Å². The van der Waals surface area contributed by atoms with Gasteiger partial charge in [0.05, 0.1) is 4.47 Å². The Hall–Kier alpha value is -1.81. The van der Waals surface area contributed by atoms with Gasteiger partial charge in [0.25, 0.3) is 0 Å². The summed E-state index contributed by atoms with van der Waals surface area (Å²) in [6.07, 6.45) is 2.28. The van der Waals surface area contributed by atoms with Crippen molar-refractivity contribution in [2.45, 2.75) is 39.0 Å². The molecule has 0 aliphatic rings. The van der Waals surface area contributed by atoms with E-state index in [9.17, 15) is 0 Å². The second-order valence-corrected chi connectivity index (χ2v) is 7.53. The molecule has 0 fully saturated rings. The Morgan fingerprint density at radius 3 is 2.21 bits per heavy atom. The molecule has 3 rings (SSSR count). The summed E-state index contributed by atoms with van der Waals surface area (Å²) in [5, 5.41) is 3.70. The number of hydrogen-bond acceptors (Lipinski definition) is 2. The Morgan fingerprint density at radius 1 is 0.893 bits per heavy atom. The van der Waals surface area contributed by atoms with Crippen LogP contribution in [0.15, 0.2) is 83.3 Å². The van der Waals surface area contributed by atoms with Crippen molar-refractivity contribution in [1.29, 1.82) is 0 Å². The Kier molecular flexibility index (Phi) is 9.56. The van der Waals surface area contributed by atoms with Gasteiger partial charge in [0.1, 0.15) is 12.4 Å². The fourth-order valence-corrected chi connectivity index (χ4v) is 3.65. The first kappa shape index (κ1) is 22.5. The number of ether oxygens (including phenoxy) is 1. The van der Waals surface area contributed by atoms with Gasteiger partial charge in [0, 0.05) is 12.6 Å². The van der Waals surface area contributed by atoms with Gasteiger partial charge >= 0.3 is 0 Å². The highest BCUT2D eigenvalue weighted by atomic mass is 79.9. The van der Waals surface area contributed by atoms with Crippen LogP contribution in [0, 0.1) is 0 Å². The highest BCUT2D eigenvalue weighted by Crippen LogP contribution is 2.27. The molecular weight excluding hydrogens is 434 g/mol. The lowest BCUT2D eigenvalue weighted by atomic mass is 10.0. The van der Waals surface area contributed by atoms with Gasteiger partial charge in [0.15, 0.2) is 0 Å². The van der Waals surface area contributed by atoms with Gasteiger partial charge < -0.3 is 10.1 Å². The molecule has 0 bridgehead atoms. The van der Waals surface area contributed by atoms with Crippen molar-refractivity contribution in [3.8, 4) is 5.75 Å². The molecule has 0 saturated carbocycles. The normalized spacial score (nSPS) is 11.5. The molecule has 0 spiro atoms. The third kappa shape index (κ3) is 6.66. The fourth-order valence-electron chi connectivity index (χ4n) is 3.11. The lowest BCUT2D eigenvalue weighted by molar-refractivity contribution is 0.304. The molecule has 1 atom stereocenters. The van der Waals surface area contributed by atoms with Crippen molar-refractivity contribution in [2.24, 2.45) is 0 Å². The second kappa shape index (κ2) is 11.9. The van der Waals surface area contributed by atoms with Crippen LogP contribution in [0.4, 0.5) is 0 Å². The van der Waals surface area contributed by atoms with Crippen LogP contribution in [0.2, 0.25) is 0 Å². The zero-order valence-corrected chi connectivity index (χ0v) is 18.5. The molecule has 1 N–H and O–H groups in total. The van der Waals surface area contributed by atoms with Crippen molar-refractivity contribution >= 4 is 28.3 Å². The summed E-state index contributed by atoms with van der Waals surface area (Å²) in [6, 6.07) is 27.6. The molecule has 1 unspecified atom stereocenters. The van der Waals surface area contributed by atoms with E-state index in [-0.39, 0.29) is 12.4 Å². The Morgan fingerprint density at radius 2 is 1.57 bits per heavy atom. The minimum Gasteiger partial charge on any atom is -0.488 e. The van der Waals surface area contributed by atoms with Crippen molar-refractivity contribution in [1.82, 2.24) is 5.32 Å². The minimum absolute atomic E-state index is 0. The summed E-state index contributed by atoms with van der Waals surface area (Å²) in [4.78, 5) is 0. The topological polar surface area (TPSA) is 21.3 Å². The van der Waals surface area contributed by atoms with Crippen LogP contribution in [0.5, 0.6) is 5.75 Å². The van der Waals surface area contributed by atoms with Crippen LogP contribution in [-0.4, -0.2) is 0 Å². The molecule has 0 amide bonds. The lowest BCUT2D eigenvalue weighted by Gasteiger charge is -2.19. The molecule has 0 aliphatic carbocycles. The van der Waals surface area contributed by atoms with Gasteiger partial charge in [-0.15, -0.1) is 12.4 Å². The van der Waals surface area contributed by atoms with E-state index >= 15 is 0 Å². The molecule has 3 aromatic rings. The monoisotopic (exact) mass is 459 g/mol. The van der Waals surface area contributed by atoms with Crippen molar-refractivity contribution in [3.05, 3.63) is 100 Å². The van der Waals surface area contributed by atoms with E-state index in [0.717, 1.165) is 29.6 Å². The van der Waals surface area contributed by atoms with Crippen LogP contribution in [0.3, 0.4) is 0 Å². The van der Waals surface area contributed by atoms with Crippen LogP contribution in [-0.2, 0) is 13.2 Å². The standard InChI is InChI=1S/C24H26BrNO.ClH/c1-2-9-23(21-12-7-4-8-13-21)26-17-20-14-15-24(22(25)16-20)27-18-19-10-5-3-6-11-19;/h3-8,10-16,23,26H,2,9,17-18H2,1H3;1H. The molecule has 0 radical (unpaired) electrons. The number of rotatable bonds is 9. The Balaban J connectivity index is 0.00000280. The molecule has 28 heavy (non-hydrogen) atoms. The number of benzene rings is 3. The maximum atomic E-state index is 5.94. The van der Waals surface area contributed by atoms with Crippen LogP contribution in [0.1, 0.15) is 42.5 Å². The zero-order chi connectivity index (χ0) is 18.9. The maximum absolute atomic E-state index is 5.94. The molecule has 4 heteroatoms. The molecule has 148 valence electrons. The average molecular weight is 461 g/mol. The summed E-state index contributed by atoms with van der Waals surface area (Å²) >= 11 is 3.65. The highest BCUT2D eigenvalue weighted by molar-refractivity contribution is 9.10. The van der Waals surface area contributed by atoms with E-state index in [1.807, 2.05) is 24.3 Å². The molecule has 0 aliphatic heterocycles. The largest absolute Gasteiger partial charge is 0.488 e. The molecule has 0 heterocycles. The average Bonchev–Trinajstić information content (AvgIpc) is 2.72. The zero-order valence-electron chi connectivity index (χ0n) is 16.1. The predicted molar refractivity (Wildman–Crippen MR) is 123 cm³/mol. The van der Waals surface area contributed by atoms with E-state index in [4.69, 9.17) is 4.74 Å². The first-order valence-corrected chi connectivity index (χ1v) is 10.3. The van der Waals surface area contributed by atoms with E-state index in [2.05, 4.69) is 82.8 Å². The van der Waals surface area contributed by atoms with Crippen molar-refractivity contribution in [2.75, 3.05) is 0 Å². The first-order valence-electron chi connectivity index (χ1n) is 9.49. The number of halogens is 2. The summed E-state index contributed by atoms with van der Waals surface area (Å²) in [5.74, 6) is 0.871. The van der Waals surface area contributed by atoms with Crippen LogP contribution >= 0.6 is 28.3 Å². The Bertz CT molecular complexity index is 827. The molecule has 2 nitrogen and oxygen atoms in total.